The average Bonchev–Trinajstić information content (AvgIpc) is 3.27. The number of hydrogen-bond acceptors (Lipinski definition) is 5. The van der Waals surface area contributed by atoms with Gasteiger partial charge in [0.25, 0.3) is 0 Å². The van der Waals surface area contributed by atoms with Gasteiger partial charge < -0.3 is 9.47 Å². The highest BCUT2D eigenvalue weighted by molar-refractivity contribution is 5.45. The van der Waals surface area contributed by atoms with Gasteiger partial charge in [-0.1, -0.05) is 18.2 Å². The summed E-state index contributed by atoms with van der Waals surface area (Å²) in [6.45, 7) is 3.07. The predicted octanol–water partition coefficient (Wildman–Crippen LogP) is 2.59. The van der Waals surface area contributed by atoms with Crippen LogP contribution in [0.3, 0.4) is 0 Å². The van der Waals surface area contributed by atoms with Crippen LogP contribution in [0.25, 0.3) is 0 Å². The second-order valence-electron chi connectivity index (χ2n) is 7.30. The van der Waals surface area contributed by atoms with Crippen LogP contribution in [0.4, 0.5) is 4.39 Å². The number of nitrogens with zero attached hydrogens (tertiary/aromatic N) is 1. The van der Waals surface area contributed by atoms with Gasteiger partial charge in [0.05, 0.1) is 6.04 Å². The van der Waals surface area contributed by atoms with Gasteiger partial charge in [-0.05, 0) is 41.8 Å². The molecular weight excluding hydrogens is 333 g/mol. The lowest BCUT2D eigenvalue weighted by Gasteiger charge is -2.36. The summed E-state index contributed by atoms with van der Waals surface area (Å²) in [4.78, 5) is 2.42. The number of ether oxygens (including phenoxy) is 2. The van der Waals surface area contributed by atoms with Gasteiger partial charge in [-0.3, -0.25) is 10.3 Å². The molecule has 26 heavy (non-hydrogen) atoms. The second kappa shape index (κ2) is 6.54. The molecular formula is C20H22FN3O2. The summed E-state index contributed by atoms with van der Waals surface area (Å²) >= 11 is 0. The summed E-state index contributed by atoms with van der Waals surface area (Å²) in [5.41, 5.74) is 9.17. The van der Waals surface area contributed by atoms with Crippen LogP contribution in [-0.2, 0) is 6.54 Å². The molecule has 2 fully saturated rings. The van der Waals surface area contributed by atoms with Crippen LogP contribution in [0.5, 0.6) is 11.5 Å². The van der Waals surface area contributed by atoms with E-state index in [1.807, 2.05) is 12.1 Å². The van der Waals surface area contributed by atoms with E-state index in [4.69, 9.17) is 9.47 Å². The fraction of sp³-hybridized carbons (Fsp3) is 0.400. The van der Waals surface area contributed by atoms with Crippen molar-refractivity contribution in [3.8, 4) is 11.5 Å². The molecule has 0 saturated carbocycles. The Bertz CT molecular complexity index is 815. The standard InChI is InChI=1S/C20H22FN3O2/c21-15-3-1-2-13(8-15)10-24-7-6-17-16(11-24)20(23-22-17)14-4-5-18-19(9-14)26-12-25-18/h1-5,8-9,16-17,20,22-23H,6-7,10-12H2. The maximum Gasteiger partial charge on any atom is 0.231 e. The third-order valence-corrected chi connectivity index (χ3v) is 5.65. The molecule has 3 aliphatic heterocycles. The molecule has 136 valence electrons. The molecule has 2 N–H and O–H groups in total. The molecule has 0 aromatic heterocycles. The summed E-state index contributed by atoms with van der Waals surface area (Å²) < 4.78 is 24.4. The zero-order chi connectivity index (χ0) is 17.5. The number of likely N-dealkylation sites (tertiary alicyclic amines) is 1. The molecule has 0 bridgehead atoms. The van der Waals surface area contributed by atoms with E-state index < -0.39 is 0 Å². The number of nitrogens with one attached hydrogen (secondary N) is 2. The first-order valence-corrected chi connectivity index (χ1v) is 9.14. The molecule has 3 heterocycles. The minimum Gasteiger partial charge on any atom is -0.454 e. The van der Waals surface area contributed by atoms with Crippen molar-refractivity contribution in [1.29, 1.82) is 0 Å². The van der Waals surface area contributed by atoms with Crippen LogP contribution >= 0.6 is 0 Å². The first-order chi connectivity index (χ1) is 12.8. The van der Waals surface area contributed by atoms with Crippen molar-refractivity contribution in [3.05, 3.63) is 59.4 Å². The van der Waals surface area contributed by atoms with Gasteiger partial charge in [0.2, 0.25) is 6.79 Å². The molecule has 0 amide bonds. The van der Waals surface area contributed by atoms with Gasteiger partial charge in [0.1, 0.15) is 5.82 Å². The Labute approximate surface area is 152 Å². The molecule has 6 heteroatoms. The Balaban J connectivity index is 1.33. The summed E-state index contributed by atoms with van der Waals surface area (Å²) in [6, 6.07) is 13.8. The highest BCUT2D eigenvalue weighted by atomic mass is 19.1. The fourth-order valence-electron chi connectivity index (χ4n) is 4.35. The van der Waals surface area contributed by atoms with Crippen LogP contribution in [0.1, 0.15) is 23.6 Å². The van der Waals surface area contributed by atoms with Crippen LogP contribution in [0.2, 0.25) is 0 Å². The summed E-state index contributed by atoms with van der Waals surface area (Å²) in [7, 11) is 0. The Kier molecular flexibility index (Phi) is 4.04. The highest BCUT2D eigenvalue weighted by Gasteiger charge is 2.40. The van der Waals surface area contributed by atoms with Gasteiger partial charge >= 0.3 is 0 Å². The number of hydrazine groups is 1. The van der Waals surface area contributed by atoms with Gasteiger partial charge in [0.15, 0.2) is 11.5 Å². The van der Waals surface area contributed by atoms with Crippen molar-refractivity contribution in [2.45, 2.75) is 25.0 Å². The van der Waals surface area contributed by atoms with E-state index >= 15 is 0 Å². The number of halogens is 1. The van der Waals surface area contributed by atoms with E-state index in [1.54, 1.807) is 12.1 Å². The minimum atomic E-state index is -0.167. The lowest BCUT2D eigenvalue weighted by Crippen LogP contribution is -2.45. The lowest BCUT2D eigenvalue weighted by atomic mass is 9.85. The smallest absolute Gasteiger partial charge is 0.231 e. The molecule has 2 aromatic rings. The van der Waals surface area contributed by atoms with E-state index in [-0.39, 0.29) is 11.9 Å². The number of hydrogen-bond donors (Lipinski definition) is 2. The van der Waals surface area contributed by atoms with Gasteiger partial charge in [0, 0.05) is 31.6 Å². The van der Waals surface area contributed by atoms with Crippen molar-refractivity contribution < 1.29 is 13.9 Å². The zero-order valence-corrected chi connectivity index (χ0v) is 14.5. The van der Waals surface area contributed by atoms with E-state index in [2.05, 4.69) is 27.9 Å². The molecule has 2 aromatic carbocycles. The van der Waals surface area contributed by atoms with E-state index in [0.717, 1.165) is 43.1 Å². The van der Waals surface area contributed by atoms with E-state index in [9.17, 15) is 4.39 Å². The zero-order valence-electron chi connectivity index (χ0n) is 14.5. The normalized spacial score (nSPS) is 27.5. The van der Waals surface area contributed by atoms with Crippen molar-refractivity contribution in [3.63, 3.8) is 0 Å². The largest absolute Gasteiger partial charge is 0.454 e. The first kappa shape index (κ1) is 16.1. The Morgan fingerprint density at radius 2 is 2.00 bits per heavy atom. The van der Waals surface area contributed by atoms with Crippen LogP contribution in [-0.4, -0.2) is 30.8 Å². The van der Waals surface area contributed by atoms with Crippen molar-refractivity contribution in [1.82, 2.24) is 15.8 Å². The van der Waals surface area contributed by atoms with E-state index in [0.29, 0.717) is 18.8 Å². The van der Waals surface area contributed by atoms with Gasteiger partial charge in [-0.25, -0.2) is 9.82 Å². The van der Waals surface area contributed by atoms with Crippen molar-refractivity contribution in [2.75, 3.05) is 19.9 Å². The highest BCUT2D eigenvalue weighted by Crippen LogP contribution is 2.39. The molecule has 3 atom stereocenters. The molecule has 5 rings (SSSR count). The van der Waals surface area contributed by atoms with Gasteiger partial charge in [-0.2, -0.15) is 0 Å². The van der Waals surface area contributed by atoms with Crippen molar-refractivity contribution in [2.24, 2.45) is 5.92 Å². The monoisotopic (exact) mass is 355 g/mol. The first-order valence-electron chi connectivity index (χ1n) is 9.14. The molecule has 2 saturated heterocycles. The number of piperidine rings is 1. The topological polar surface area (TPSA) is 45.8 Å². The number of rotatable bonds is 3. The van der Waals surface area contributed by atoms with Crippen LogP contribution in [0.15, 0.2) is 42.5 Å². The SMILES string of the molecule is Fc1cccc(CN2CCC3NNC(c4ccc5c(c4)OCO5)C3C2)c1. The maximum atomic E-state index is 13.5. The molecule has 0 radical (unpaired) electrons. The van der Waals surface area contributed by atoms with Gasteiger partial charge in [-0.15, -0.1) is 0 Å². The summed E-state index contributed by atoms with van der Waals surface area (Å²) in [6.07, 6.45) is 1.08. The summed E-state index contributed by atoms with van der Waals surface area (Å²) in [5.74, 6) is 1.92. The predicted molar refractivity (Wildman–Crippen MR) is 95.1 cm³/mol. The lowest BCUT2D eigenvalue weighted by molar-refractivity contribution is 0.148. The van der Waals surface area contributed by atoms with Crippen molar-refractivity contribution >= 4 is 0 Å². The van der Waals surface area contributed by atoms with Crippen LogP contribution in [0, 0.1) is 11.7 Å². The molecule has 0 spiro atoms. The Morgan fingerprint density at radius 1 is 1.08 bits per heavy atom. The third-order valence-electron chi connectivity index (χ3n) is 5.65. The molecule has 5 nitrogen and oxygen atoms in total. The fourth-order valence-corrected chi connectivity index (χ4v) is 4.35. The molecule has 3 aliphatic rings. The average molecular weight is 355 g/mol. The Morgan fingerprint density at radius 3 is 2.92 bits per heavy atom. The number of fused-ring (bicyclic) bond motifs is 2. The van der Waals surface area contributed by atoms with Crippen LogP contribution < -0.4 is 20.3 Å². The second-order valence-corrected chi connectivity index (χ2v) is 7.30. The molecule has 3 unspecified atom stereocenters. The Hall–Kier alpha value is -2.15. The third kappa shape index (κ3) is 2.94. The number of benzene rings is 2. The quantitative estimate of drug-likeness (QED) is 0.886. The summed E-state index contributed by atoms with van der Waals surface area (Å²) in [5, 5.41) is 0. The minimum absolute atomic E-state index is 0.167. The molecule has 0 aliphatic carbocycles. The maximum absolute atomic E-state index is 13.5. The van der Waals surface area contributed by atoms with E-state index in [1.165, 1.54) is 11.6 Å².